The molecule has 0 saturated carbocycles. The van der Waals surface area contributed by atoms with Gasteiger partial charge in [0.1, 0.15) is 6.10 Å². The van der Waals surface area contributed by atoms with Gasteiger partial charge in [-0.05, 0) is 72.4 Å². The minimum absolute atomic E-state index is 0.0158. The first-order valence-electron chi connectivity index (χ1n) is 15.3. The first-order valence-corrected chi connectivity index (χ1v) is 17.7. The Morgan fingerprint density at radius 2 is 1.93 bits per heavy atom. The van der Waals surface area contributed by atoms with Crippen molar-refractivity contribution >= 4 is 33.5 Å². The van der Waals surface area contributed by atoms with Gasteiger partial charge in [0.05, 0.1) is 6.54 Å². The van der Waals surface area contributed by atoms with Crippen LogP contribution in [-0.4, -0.2) is 107 Å². The fourth-order valence-electron chi connectivity index (χ4n) is 6.48. The minimum atomic E-state index is -0.776. The molecule has 1 unspecified atom stereocenters. The lowest BCUT2D eigenvalue weighted by Crippen LogP contribution is -2.55. The first kappa shape index (κ1) is 31.4. The summed E-state index contributed by atoms with van der Waals surface area (Å²) < 4.78 is 24.4. The highest BCUT2D eigenvalue weighted by Crippen LogP contribution is 2.41. The second-order valence-corrected chi connectivity index (χ2v) is 15.5. The number of likely N-dealkylation sites (tertiary alicyclic amines) is 2. The topological polar surface area (TPSA) is 93.9 Å². The molecule has 0 aliphatic carbocycles. The van der Waals surface area contributed by atoms with Gasteiger partial charge >= 0.3 is 12.1 Å². The standard InChI is InChI=1S/C29H46N4O6S2/c1-28(2)38-26-25(37-24(35)10-6-5-8-20-11-17-40-41-20)21(36-27(26)39-28)19-32-15-12-29(3,13-16-32)31-18-23(34)33-14-7-9-22(33)30-4/h20-22,25-27,31H,5-19H2,1-3H3/t20?,21-,22+,25+,26-,27-/m1/s1. The zero-order valence-electron chi connectivity index (χ0n) is 24.7. The van der Waals surface area contributed by atoms with Crippen molar-refractivity contribution in [3.05, 3.63) is 11.4 Å². The molecule has 0 spiro atoms. The van der Waals surface area contributed by atoms with Gasteiger partial charge in [-0.25, -0.2) is 6.57 Å². The summed E-state index contributed by atoms with van der Waals surface area (Å²) in [7, 11) is 3.94. The van der Waals surface area contributed by atoms with Crippen LogP contribution in [0.15, 0.2) is 0 Å². The molecule has 1 amide bonds. The number of ether oxygens (including phenoxy) is 4. The zero-order chi connectivity index (χ0) is 29.0. The van der Waals surface area contributed by atoms with E-state index < -0.39 is 24.3 Å². The Hall–Kier alpha value is -1.07. The molecule has 1 N–H and O–H groups in total. The maximum atomic E-state index is 12.9. The average Bonchev–Trinajstić information content (AvgIpc) is 3.73. The molecule has 5 aliphatic rings. The van der Waals surface area contributed by atoms with E-state index in [1.807, 2.05) is 35.4 Å². The monoisotopic (exact) mass is 610 g/mol. The maximum Gasteiger partial charge on any atom is 0.306 e. The number of carbonyl (C=O) groups is 2. The maximum absolute atomic E-state index is 12.9. The van der Waals surface area contributed by atoms with Gasteiger partial charge in [-0.3, -0.25) is 19.3 Å². The quantitative estimate of drug-likeness (QED) is 0.161. The van der Waals surface area contributed by atoms with E-state index in [-0.39, 0.29) is 36.2 Å². The van der Waals surface area contributed by atoms with Crippen LogP contribution in [0.4, 0.5) is 0 Å². The number of esters is 1. The summed E-state index contributed by atoms with van der Waals surface area (Å²) in [6, 6.07) is 0. The number of hydrogen-bond acceptors (Lipinski definition) is 10. The number of rotatable bonds is 11. The molecule has 5 fully saturated rings. The largest absolute Gasteiger partial charge is 0.457 e. The molecule has 6 atom stereocenters. The average molecular weight is 611 g/mol. The minimum Gasteiger partial charge on any atom is -0.457 e. The van der Waals surface area contributed by atoms with Gasteiger partial charge in [-0.2, -0.15) is 0 Å². The third kappa shape index (κ3) is 8.11. The van der Waals surface area contributed by atoms with Gasteiger partial charge in [-0.1, -0.05) is 28.0 Å². The van der Waals surface area contributed by atoms with E-state index in [2.05, 4.69) is 22.0 Å². The Bertz CT molecular complexity index is 965. The molecule has 0 bridgehead atoms. The molecule has 0 aromatic rings. The van der Waals surface area contributed by atoms with Crippen molar-refractivity contribution in [3.63, 3.8) is 0 Å². The third-order valence-electron chi connectivity index (χ3n) is 8.99. The number of hydrogen-bond donors (Lipinski definition) is 1. The van der Waals surface area contributed by atoms with Crippen molar-refractivity contribution in [2.24, 2.45) is 0 Å². The van der Waals surface area contributed by atoms with Gasteiger partial charge in [0.25, 0.3) is 0 Å². The molecule has 0 aromatic heterocycles. The molecule has 5 saturated heterocycles. The number of nitrogens with one attached hydrogen (secondary N) is 1. The van der Waals surface area contributed by atoms with Gasteiger partial charge in [0, 0.05) is 42.5 Å². The van der Waals surface area contributed by atoms with Crippen LogP contribution in [0.25, 0.3) is 4.85 Å². The fourth-order valence-corrected chi connectivity index (χ4v) is 9.51. The Kier molecular flexibility index (Phi) is 10.5. The number of unbranched alkanes of at least 4 members (excludes halogenated alkanes) is 1. The normalized spacial score (nSPS) is 34.4. The number of piperidine rings is 1. The lowest BCUT2D eigenvalue weighted by atomic mass is 9.89. The van der Waals surface area contributed by atoms with Crippen molar-refractivity contribution in [1.82, 2.24) is 15.1 Å². The Morgan fingerprint density at radius 1 is 1.12 bits per heavy atom. The van der Waals surface area contributed by atoms with Crippen LogP contribution in [-0.2, 0) is 28.5 Å². The second kappa shape index (κ2) is 13.7. The highest BCUT2D eigenvalue weighted by molar-refractivity contribution is 8.77. The molecule has 230 valence electrons. The van der Waals surface area contributed by atoms with Crippen LogP contribution < -0.4 is 5.32 Å². The SMILES string of the molecule is [C-]#[N+][C@@H]1CCCN1C(=O)CNC1(C)CCN(C[C@H]2O[C@@H]3OC(C)(C)O[C@@H]3[C@H]2OC(=O)CCCCC2CCSS2)CC1. The summed E-state index contributed by atoms with van der Waals surface area (Å²) in [6.07, 6.45) is 6.06. The summed E-state index contributed by atoms with van der Waals surface area (Å²) in [5.41, 5.74) is -0.148. The van der Waals surface area contributed by atoms with E-state index >= 15 is 0 Å². The van der Waals surface area contributed by atoms with Crippen molar-refractivity contribution in [1.29, 1.82) is 0 Å². The zero-order valence-corrected chi connectivity index (χ0v) is 26.3. The third-order valence-corrected chi connectivity index (χ3v) is 12.0. The second-order valence-electron chi connectivity index (χ2n) is 12.7. The van der Waals surface area contributed by atoms with Crippen LogP contribution >= 0.6 is 21.6 Å². The van der Waals surface area contributed by atoms with Crippen molar-refractivity contribution in [2.75, 3.05) is 38.5 Å². The van der Waals surface area contributed by atoms with Crippen molar-refractivity contribution in [3.8, 4) is 0 Å². The molecule has 5 heterocycles. The van der Waals surface area contributed by atoms with Crippen LogP contribution in [0, 0.1) is 6.57 Å². The molecule has 41 heavy (non-hydrogen) atoms. The van der Waals surface area contributed by atoms with E-state index in [1.54, 1.807) is 4.90 Å². The highest BCUT2D eigenvalue weighted by Gasteiger charge is 2.56. The van der Waals surface area contributed by atoms with E-state index in [0.717, 1.165) is 63.3 Å². The first-order chi connectivity index (χ1) is 19.6. The molecular formula is C29H46N4O6S2. The van der Waals surface area contributed by atoms with Crippen LogP contribution in [0.5, 0.6) is 0 Å². The van der Waals surface area contributed by atoms with E-state index in [1.165, 1.54) is 12.2 Å². The molecular weight excluding hydrogens is 564 g/mol. The van der Waals surface area contributed by atoms with Crippen molar-refractivity contribution in [2.45, 2.75) is 126 Å². The summed E-state index contributed by atoms with van der Waals surface area (Å²) in [4.78, 5) is 33.3. The molecule has 0 radical (unpaired) electrons. The van der Waals surface area contributed by atoms with Gasteiger partial charge < -0.3 is 29.2 Å². The Labute approximate surface area is 252 Å². The summed E-state index contributed by atoms with van der Waals surface area (Å²) in [6.45, 7) is 16.5. The summed E-state index contributed by atoms with van der Waals surface area (Å²) in [5.74, 6) is 0.283. The summed E-state index contributed by atoms with van der Waals surface area (Å²) in [5, 5.41) is 4.21. The highest BCUT2D eigenvalue weighted by atomic mass is 33.1. The smallest absolute Gasteiger partial charge is 0.306 e. The number of amides is 1. The molecule has 10 nitrogen and oxygen atoms in total. The van der Waals surface area contributed by atoms with E-state index in [4.69, 9.17) is 25.5 Å². The number of nitrogens with zero attached hydrogens (tertiary/aromatic N) is 3. The van der Waals surface area contributed by atoms with Crippen LogP contribution in [0.2, 0.25) is 0 Å². The predicted octanol–water partition coefficient (Wildman–Crippen LogP) is 3.80. The molecule has 5 rings (SSSR count). The Morgan fingerprint density at radius 3 is 2.66 bits per heavy atom. The number of fused-ring (bicyclic) bond motifs is 1. The van der Waals surface area contributed by atoms with E-state index in [0.29, 0.717) is 19.5 Å². The van der Waals surface area contributed by atoms with Gasteiger partial charge in [0.15, 0.2) is 24.3 Å². The van der Waals surface area contributed by atoms with Gasteiger partial charge in [0.2, 0.25) is 5.91 Å². The number of carbonyl (C=O) groups excluding carboxylic acids is 2. The Balaban J connectivity index is 1.08. The lowest BCUT2D eigenvalue weighted by molar-refractivity contribution is -0.220. The van der Waals surface area contributed by atoms with E-state index in [9.17, 15) is 9.59 Å². The molecule has 5 aliphatic heterocycles. The lowest BCUT2D eigenvalue weighted by Gasteiger charge is -2.41. The molecule has 0 aromatic carbocycles. The summed E-state index contributed by atoms with van der Waals surface area (Å²) >= 11 is 0. The molecule has 12 heteroatoms. The van der Waals surface area contributed by atoms with Gasteiger partial charge in [-0.15, -0.1) is 0 Å². The predicted molar refractivity (Wildman–Crippen MR) is 159 cm³/mol. The fraction of sp³-hybridized carbons (Fsp3) is 0.897. The van der Waals surface area contributed by atoms with Crippen LogP contribution in [0.1, 0.15) is 78.6 Å². The van der Waals surface area contributed by atoms with Crippen molar-refractivity contribution < 1.29 is 28.5 Å². The van der Waals surface area contributed by atoms with Crippen LogP contribution in [0.3, 0.4) is 0 Å².